The summed E-state index contributed by atoms with van der Waals surface area (Å²) in [4.78, 5) is 2.35. The van der Waals surface area contributed by atoms with Gasteiger partial charge in [-0.3, -0.25) is 0 Å². The number of nitrogens with zero attached hydrogens (tertiary/aromatic N) is 1. The zero-order valence-corrected chi connectivity index (χ0v) is 17.7. The van der Waals surface area contributed by atoms with Crippen molar-refractivity contribution in [2.75, 3.05) is 20.6 Å². The summed E-state index contributed by atoms with van der Waals surface area (Å²) in [5.41, 5.74) is 3.42. The molecule has 2 unspecified atom stereocenters. The third-order valence-electron chi connectivity index (χ3n) is 3.77. The Balaban J connectivity index is 0. The van der Waals surface area contributed by atoms with E-state index in [1.807, 2.05) is 0 Å². The van der Waals surface area contributed by atoms with E-state index in [1.54, 1.807) is 5.56 Å². The van der Waals surface area contributed by atoms with E-state index in [0.717, 1.165) is 8.45 Å². The predicted molar refractivity (Wildman–Crippen MR) is 80.0 cm³/mol. The topological polar surface area (TPSA) is 3.24 Å². The van der Waals surface area contributed by atoms with E-state index in [0.29, 0.717) is 5.41 Å². The first-order valence-corrected chi connectivity index (χ1v) is 8.86. The van der Waals surface area contributed by atoms with Crippen molar-refractivity contribution >= 4 is 6.08 Å². The Morgan fingerprint density at radius 3 is 2.23 bits per heavy atom. The molecule has 5 heteroatoms. The molecule has 0 bridgehead atoms. The summed E-state index contributed by atoms with van der Waals surface area (Å²) in [6, 6.07) is 8.89. The normalized spacial score (nSPS) is 16.7. The quantitative estimate of drug-likeness (QED) is 0.462. The molecule has 22 heavy (non-hydrogen) atoms. The molecule has 0 radical (unpaired) electrons. The zero-order chi connectivity index (χ0) is 14.0. The van der Waals surface area contributed by atoms with Crippen molar-refractivity contribution in [3.05, 3.63) is 41.5 Å². The van der Waals surface area contributed by atoms with Crippen molar-refractivity contribution in [3.8, 4) is 0 Å². The fourth-order valence-electron chi connectivity index (χ4n) is 2.55. The van der Waals surface area contributed by atoms with E-state index in [9.17, 15) is 0 Å². The van der Waals surface area contributed by atoms with Crippen molar-refractivity contribution in [2.45, 2.75) is 29.2 Å². The molecule has 1 aromatic rings. The van der Waals surface area contributed by atoms with Crippen LogP contribution in [-0.2, 0) is 19.2 Å². The Bertz CT molecular complexity index is 469. The van der Waals surface area contributed by atoms with Gasteiger partial charge in [-0.2, -0.15) is 0 Å². The van der Waals surface area contributed by atoms with Crippen molar-refractivity contribution in [1.29, 1.82) is 0 Å². The molecule has 0 saturated carbocycles. The van der Waals surface area contributed by atoms with E-state index < -0.39 is 0 Å². The number of allylic oxidation sites excluding steroid dienone is 1. The van der Waals surface area contributed by atoms with Crippen LogP contribution in [0.5, 0.6) is 0 Å². The molecule has 0 aliphatic heterocycles. The summed E-state index contributed by atoms with van der Waals surface area (Å²) in [5, 5.41) is 0. The van der Waals surface area contributed by atoms with Crippen LogP contribution in [0.15, 0.2) is 30.3 Å². The first kappa shape index (κ1) is 24.8. The van der Waals surface area contributed by atoms with Gasteiger partial charge in [0.05, 0.1) is 0 Å². The number of rotatable bonds is 4. The average Bonchev–Trinajstić information content (AvgIpc) is 2.70. The van der Waals surface area contributed by atoms with Gasteiger partial charge in [-0.15, -0.1) is 0 Å². The zero-order valence-electron chi connectivity index (χ0n) is 13.9. The van der Waals surface area contributed by atoms with E-state index in [2.05, 4.69) is 76.2 Å². The van der Waals surface area contributed by atoms with Crippen LogP contribution >= 0.6 is 0 Å². The molecule has 1 aliphatic rings. The van der Waals surface area contributed by atoms with Gasteiger partial charge in [-0.05, 0) is 0 Å². The molecule has 2 rings (SSSR count). The van der Waals surface area contributed by atoms with E-state index >= 15 is 0 Å². The van der Waals surface area contributed by atoms with Crippen LogP contribution < -0.4 is 37.2 Å². The Morgan fingerprint density at radius 1 is 1.09 bits per heavy atom. The van der Waals surface area contributed by atoms with Gasteiger partial charge in [-0.1, -0.05) is 0 Å². The fraction of sp³-hybridized carbons (Fsp3) is 0.529. The predicted octanol–water partition coefficient (Wildman–Crippen LogP) is -4.75. The molecule has 1 nitrogen and oxygen atoms in total. The van der Waals surface area contributed by atoms with Crippen LogP contribution in [0, 0.1) is 5.41 Å². The van der Waals surface area contributed by atoms with Crippen LogP contribution in [0.4, 0.5) is 0 Å². The summed E-state index contributed by atoms with van der Waals surface area (Å²) in [5.74, 6) is 0. The summed E-state index contributed by atoms with van der Waals surface area (Å²) >= 11 is -0.0396. The van der Waals surface area contributed by atoms with Gasteiger partial charge in [-0.25, -0.2) is 0 Å². The minimum Gasteiger partial charge on any atom is -1.00 e. The first-order valence-electron chi connectivity index (χ1n) is 7.06. The third-order valence-corrected chi connectivity index (χ3v) is 7.39. The molecule has 0 heterocycles. The maximum atomic E-state index is 2.44. The smallest absolute Gasteiger partial charge is 1.00 e. The fourth-order valence-corrected chi connectivity index (χ4v) is 5.76. The molecule has 123 valence electrons. The van der Waals surface area contributed by atoms with Crippen molar-refractivity contribution in [3.63, 3.8) is 0 Å². The molecule has 1 aromatic carbocycles. The van der Waals surface area contributed by atoms with Crippen LogP contribution in [-0.4, -0.2) is 25.5 Å². The van der Waals surface area contributed by atoms with Crippen LogP contribution in [0.1, 0.15) is 36.1 Å². The molecule has 0 saturated heterocycles. The Labute approximate surface area is 163 Å². The molecule has 1 aliphatic carbocycles. The average molecular weight is 398 g/mol. The van der Waals surface area contributed by atoms with Crippen molar-refractivity contribution < 1.29 is 56.4 Å². The Hall–Kier alpha value is 0.504. The van der Waals surface area contributed by atoms with Crippen molar-refractivity contribution in [1.82, 2.24) is 4.90 Å². The second-order valence-electron chi connectivity index (χ2n) is 6.81. The number of hydrogen-bond donors (Lipinski definition) is 0. The van der Waals surface area contributed by atoms with E-state index in [1.165, 1.54) is 12.1 Å². The minimum atomic E-state index is -0.0396. The van der Waals surface area contributed by atoms with Gasteiger partial charge >= 0.3 is 127 Å². The standard InChI is InChI=1S/C9H7.C8H18N.3ClH.Ti/c1-2-5-9-7-3-6-8(9)4-1;1-8(2,3)6-7-9(4)5;;;;/h1-7H;6H,7H2,1-5H3;3*1H;/q;;;;;+3/p-3. The third kappa shape index (κ3) is 6.55. The molecular formula is C17H25Cl3NTi. The summed E-state index contributed by atoms with van der Waals surface area (Å²) in [6.07, 6.45) is 4.76. The maximum absolute atomic E-state index is 2.44. The van der Waals surface area contributed by atoms with Crippen LogP contribution in [0.2, 0.25) is 4.22 Å². The number of fused-ring (bicyclic) bond motifs is 1. The number of halogens is 3. The second kappa shape index (κ2) is 10.4. The molecule has 0 amide bonds. The molecule has 0 fully saturated rings. The Kier molecular flexibility index (Phi) is 11.7. The maximum Gasteiger partial charge on any atom is -1.00 e. The summed E-state index contributed by atoms with van der Waals surface area (Å²) in [6.45, 7) is 8.41. The molecule has 2 atom stereocenters. The number of benzene rings is 1. The van der Waals surface area contributed by atoms with Gasteiger partial charge < -0.3 is 37.2 Å². The van der Waals surface area contributed by atoms with Gasteiger partial charge in [0.15, 0.2) is 0 Å². The van der Waals surface area contributed by atoms with E-state index in [-0.39, 0.29) is 56.4 Å². The molecular weight excluding hydrogens is 372 g/mol. The SMILES string of the molecule is CN(C)C[CH]([Ti+3][CH]1C=Cc2ccccc21)C(C)(C)C.[Cl-].[Cl-].[Cl-]. The number of hydrogen-bond acceptors (Lipinski definition) is 1. The van der Waals surface area contributed by atoms with Gasteiger partial charge in [0.25, 0.3) is 0 Å². The van der Waals surface area contributed by atoms with Gasteiger partial charge in [0.1, 0.15) is 0 Å². The first-order chi connectivity index (χ1) is 8.88. The molecule has 0 N–H and O–H groups in total. The second-order valence-corrected chi connectivity index (χ2v) is 9.39. The minimum absolute atomic E-state index is 0. The molecule has 0 spiro atoms. The van der Waals surface area contributed by atoms with Crippen molar-refractivity contribution in [2.24, 2.45) is 5.41 Å². The Morgan fingerprint density at radius 2 is 1.68 bits per heavy atom. The van der Waals surface area contributed by atoms with Crippen LogP contribution in [0.3, 0.4) is 0 Å². The monoisotopic (exact) mass is 396 g/mol. The largest absolute Gasteiger partial charge is 1.00 e. The van der Waals surface area contributed by atoms with Gasteiger partial charge in [0, 0.05) is 0 Å². The van der Waals surface area contributed by atoms with E-state index in [4.69, 9.17) is 0 Å². The molecule has 0 aromatic heterocycles. The van der Waals surface area contributed by atoms with Crippen LogP contribution in [0.25, 0.3) is 6.08 Å². The summed E-state index contributed by atoms with van der Waals surface area (Å²) < 4.78 is 1.56. The van der Waals surface area contributed by atoms with Gasteiger partial charge in [0.2, 0.25) is 0 Å². The summed E-state index contributed by atoms with van der Waals surface area (Å²) in [7, 11) is 4.40.